The molecule has 71 heavy (non-hydrogen) atoms. The number of nitrogens with one attached hydrogen (secondary N) is 4. The minimum atomic E-state index is -0.841. The van der Waals surface area contributed by atoms with Gasteiger partial charge in [-0.1, -0.05) is 38.5 Å². The summed E-state index contributed by atoms with van der Waals surface area (Å²) in [5, 5.41) is 12.6. The molecule has 20 heteroatoms. The van der Waals surface area contributed by atoms with E-state index in [0.717, 1.165) is 41.1 Å². The Labute approximate surface area is 410 Å². The minimum absolute atomic E-state index is 0.0203. The van der Waals surface area contributed by atoms with E-state index in [2.05, 4.69) is 31.0 Å². The molecule has 9 rings (SSSR count). The summed E-state index contributed by atoms with van der Waals surface area (Å²) in [6, 6.07) is 15.0. The van der Waals surface area contributed by atoms with Crippen LogP contribution in [0.4, 0.5) is 15.3 Å². The van der Waals surface area contributed by atoms with Gasteiger partial charge in [-0.2, -0.15) is 5.10 Å². The van der Waals surface area contributed by atoms with E-state index in [1.165, 1.54) is 18.5 Å². The summed E-state index contributed by atoms with van der Waals surface area (Å²) in [6.45, 7) is 6.21. The van der Waals surface area contributed by atoms with Gasteiger partial charge in [0.2, 0.25) is 11.8 Å². The number of anilines is 1. The summed E-state index contributed by atoms with van der Waals surface area (Å²) >= 11 is 0. The zero-order valence-electron chi connectivity index (χ0n) is 40.2. The number of aromatic amines is 1. The second kappa shape index (κ2) is 21.9. The molecule has 3 aliphatic carbocycles. The first-order chi connectivity index (χ1) is 34.1. The number of hydrogen-bond acceptors (Lipinski definition) is 12. The van der Waals surface area contributed by atoms with Gasteiger partial charge in [-0.25, -0.2) is 24.1 Å². The number of aryl methyl sites for hydroxylation is 1. The Morgan fingerprint density at radius 3 is 2.39 bits per heavy atom. The Morgan fingerprint density at radius 1 is 0.944 bits per heavy atom. The molecule has 5 aromatic rings. The summed E-state index contributed by atoms with van der Waals surface area (Å²) in [7, 11) is 0. The van der Waals surface area contributed by atoms with Crippen LogP contribution in [0.2, 0.25) is 0 Å². The van der Waals surface area contributed by atoms with Crippen LogP contribution in [0.5, 0.6) is 0 Å². The van der Waals surface area contributed by atoms with Crippen LogP contribution in [0.25, 0.3) is 28.3 Å². The topological polar surface area (TPSA) is 269 Å². The van der Waals surface area contributed by atoms with Gasteiger partial charge in [0.25, 0.3) is 11.8 Å². The van der Waals surface area contributed by atoms with Crippen molar-refractivity contribution in [1.82, 2.24) is 50.0 Å². The quantitative estimate of drug-likeness (QED) is 0.0365. The lowest BCUT2D eigenvalue weighted by Gasteiger charge is -2.65. The van der Waals surface area contributed by atoms with Gasteiger partial charge in [0.1, 0.15) is 18.8 Å². The molecule has 372 valence electrons. The Kier molecular flexibility index (Phi) is 15.3. The van der Waals surface area contributed by atoms with E-state index in [-0.39, 0.29) is 80.5 Å². The number of unbranched alkanes of at least 4 members (excludes halogenated alkanes) is 2. The number of carbonyl (C=O) groups excluding carboxylic acids is 7. The van der Waals surface area contributed by atoms with Crippen LogP contribution in [-0.4, -0.2) is 106 Å². The lowest BCUT2D eigenvalue weighted by atomic mass is 9.49. The van der Waals surface area contributed by atoms with Crippen molar-refractivity contribution in [2.45, 2.75) is 110 Å². The third kappa shape index (κ3) is 12.0. The van der Waals surface area contributed by atoms with E-state index in [1.54, 1.807) is 33.7 Å². The number of rotatable bonds is 24. The van der Waals surface area contributed by atoms with Crippen LogP contribution in [-0.2, 0) is 41.9 Å². The molecule has 6 N–H and O–H groups in total. The summed E-state index contributed by atoms with van der Waals surface area (Å²) in [6.07, 6.45) is 10.3. The fourth-order valence-electron chi connectivity index (χ4n) is 9.53. The molecule has 7 amide bonds. The van der Waals surface area contributed by atoms with Crippen LogP contribution in [0.15, 0.2) is 79.3 Å². The summed E-state index contributed by atoms with van der Waals surface area (Å²) in [5.74, 6) is -1.61. The maximum atomic E-state index is 14.0. The molecular weight excluding hydrogens is 909 g/mol. The number of primary amides is 1. The number of ether oxygens (including phenoxy) is 1. The average molecular weight is 969 g/mol. The fraction of sp³-hybridized carbons (Fsp3) is 0.431. The second-order valence-electron chi connectivity index (χ2n) is 19.1. The number of imidazole rings is 1. The highest BCUT2D eigenvalue weighted by atomic mass is 16.6. The van der Waals surface area contributed by atoms with Gasteiger partial charge in [-0.3, -0.25) is 38.8 Å². The molecule has 1 aliphatic heterocycles. The number of benzene rings is 1. The number of Topliss-reactive ketones (excluding diaryl/α,β-unsaturated/α-hetero) is 1. The lowest BCUT2D eigenvalue weighted by Crippen LogP contribution is -2.69. The normalized spacial score (nSPS) is 17.6. The molecular formula is C51H60N12O8. The molecule has 3 fully saturated rings. The van der Waals surface area contributed by atoms with Gasteiger partial charge in [0.15, 0.2) is 11.4 Å². The molecule has 5 heterocycles. The van der Waals surface area contributed by atoms with Gasteiger partial charge >= 0.3 is 12.1 Å². The number of nitrogens with two attached hydrogens (primary N) is 1. The van der Waals surface area contributed by atoms with Gasteiger partial charge in [-0.05, 0) is 106 Å². The standard InChI is InChI=1S/C51H60N12O8/c1-31(2)45(60-42(65)12-5-4-6-22-61-43(66)19-20-44(61)67)39(64)23-35(10-8-21-53-49(52)69)48(68)57-37-16-13-33(14-17-37)29-71-50(70)62(51-24-34(25-51)26-51)28-40-58-46(36-15-18-41-54-30-55-63(41)27-36)47(59-40)38-11-7-9-32(3)56-38/h7,9,11,13-20,27,30-31,34-35,45H,4-6,8,10,12,21-26,28-29H2,1-3H3,(H,57,68)(H,58,59)(H,60,65)(H3,52,53,69)/t34?,35-,45+,51?/m1/s1. The fourth-order valence-corrected chi connectivity index (χ4v) is 9.53. The zero-order valence-corrected chi connectivity index (χ0v) is 40.2. The molecule has 0 saturated heterocycles. The van der Waals surface area contributed by atoms with Crippen molar-refractivity contribution in [2.75, 3.05) is 18.4 Å². The Bertz CT molecular complexity index is 2800. The van der Waals surface area contributed by atoms with E-state index in [4.69, 9.17) is 20.4 Å². The molecule has 2 bridgehead atoms. The van der Waals surface area contributed by atoms with Gasteiger partial charge < -0.3 is 31.4 Å². The first kappa shape index (κ1) is 49.6. The number of amides is 7. The highest BCUT2D eigenvalue weighted by molar-refractivity contribution is 6.12. The summed E-state index contributed by atoms with van der Waals surface area (Å²) in [5.41, 5.74) is 10.6. The molecule has 2 atom stereocenters. The number of fused-ring (bicyclic) bond motifs is 1. The van der Waals surface area contributed by atoms with Gasteiger partial charge in [0, 0.05) is 72.7 Å². The molecule has 20 nitrogen and oxygen atoms in total. The predicted octanol–water partition coefficient (Wildman–Crippen LogP) is 5.77. The molecule has 3 saturated carbocycles. The van der Waals surface area contributed by atoms with Crippen molar-refractivity contribution in [3.63, 3.8) is 0 Å². The van der Waals surface area contributed by atoms with Crippen molar-refractivity contribution >= 4 is 52.9 Å². The van der Waals surface area contributed by atoms with E-state index in [1.807, 2.05) is 57.3 Å². The van der Waals surface area contributed by atoms with E-state index < -0.39 is 30.0 Å². The van der Waals surface area contributed by atoms with Crippen molar-refractivity contribution in [3.05, 3.63) is 96.4 Å². The van der Waals surface area contributed by atoms with Crippen LogP contribution in [0, 0.1) is 24.7 Å². The first-order valence-electron chi connectivity index (χ1n) is 24.2. The molecule has 0 spiro atoms. The van der Waals surface area contributed by atoms with Crippen molar-refractivity contribution < 1.29 is 38.3 Å². The van der Waals surface area contributed by atoms with Gasteiger partial charge in [-0.15, -0.1) is 0 Å². The number of pyridine rings is 2. The van der Waals surface area contributed by atoms with Crippen LogP contribution in [0.1, 0.15) is 95.1 Å². The largest absolute Gasteiger partial charge is 0.445 e. The third-order valence-electron chi connectivity index (χ3n) is 13.5. The number of hydrogen-bond donors (Lipinski definition) is 5. The van der Waals surface area contributed by atoms with Crippen molar-refractivity contribution in [3.8, 4) is 22.6 Å². The number of aromatic nitrogens is 6. The summed E-state index contributed by atoms with van der Waals surface area (Å²) in [4.78, 5) is 110. The molecule has 1 aromatic carbocycles. The van der Waals surface area contributed by atoms with E-state index >= 15 is 0 Å². The number of nitrogens with zero attached hydrogens (tertiary/aromatic N) is 7. The Balaban J connectivity index is 0.875. The first-order valence-corrected chi connectivity index (χ1v) is 24.2. The zero-order chi connectivity index (χ0) is 50.2. The van der Waals surface area contributed by atoms with Crippen molar-refractivity contribution in [1.29, 1.82) is 0 Å². The number of carbonyl (C=O) groups is 7. The number of urea groups is 1. The van der Waals surface area contributed by atoms with Crippen LogP contribution in [0.3, 0.4) is 0 Å². The number of ketones is 1. The van der Waals surface area contributed by atoms with Crippen LogP contribution < -0.4 is 21.7 Å². The van der Waals surface area contributed by atoms with E-state index in [0.29, 0.717) is 65.7 Å². The molecule has 4 aromatic heterocycles. The average Bonchev–Trinajstić information content (AvgIpc) is 4.05. The Morgan fingerprint density at radius 2 is 1.70 bits per heavy atom. The smallest absolute Gasteiger partial charge is 0.410 e. The van der Waals surface area contributed by atoms with Gasteiger partial charge in [0.05, 0.1) is 29.7 Å². The highest BCUT2D eigenvalue weighted by Crippen LogP contribution is 2.61. The van der Waals surface area contributed by atoms with Crippen molar-refractivity contribution in [2.24, 2.45) is 23.5 Å². The summed E-state index contributed by atoms with van der Waals surface area (Å²) < 4.78 is 7.65. The number of H-pyrrole nitrogens is 1. The third-order valence-corrected chi connectivity index (χ3v) is 13.5. The molecule has 0 radical (unpaired) electrons. The monoisotopic (exact) mass is 968 g/mol. The predicted molar refractivity (Wildman–Crippen MR) is 260 cm³/mol. The minimum Gasteiger partial charge on any atom is -0.445 e. The molecule has 4 aliphatic rings. The number of imide groups is 1. The second-order valence-corrected chi connectivity index (χ2v) is 19.1. The maximum absolute atomic E-state index is 14.0. The SMILES string of the molecule is Cc1cccc(-c2[nH]c(CN(C(=O)OCc3ccc(NC(=O)[C@H](CCCNC(N)=O)CC(=O)[C@@H](NC(=O)CCCCCN4C(=O)C=CC4=O)C(C)C)cc3)C34CC(C3)C4)nc2-c2ccc3ncnn3c2)n1. The maximum Gasteiger partial charge on any atom is 0.410 e. The van der Waals surface area contributed by atoms with E-state index in [9.17, 15) is 33.6 Å². The lowest BCUT2D eigenvalue weighted by molar-refractivity contribution is -0.137. The highest BCUT2D eigenvalue weighted by Gasteiger charge is 2.61. The van der Waals surface area contributed by atoms with Crippen LogP contribution >= 0.6 is 0 Å². The Hall–Kier alpha value is -7.77. The molecule has 0 unspecified atom stereocenters.